The van der Waals surface area contributed by atoms with E-state index in [0.717, 1.165) is 38.5 Å². The number of unbranched alkanes of at least 4 members (excludes halogenated alkanes) is 28. The van der Waals surface area contributed by atoms with Crippen molar-refractivity contribution < 1.29 is 48.5 Å². The molecule has 0 aromatic rings. The van der Waals surface area contributed by atoms with Crippen molar-refractivity contribution in [3.05, 3.63) is 0 Å². The lowest BCUT2D eigenvalue weighted by Gasteiger charge is -2.26. The SMILES string of the molecule is CCCCCCCCCCCCCCCCOC(=O)NCCSC[C@@H](NC(=O)CCCCCCCCCCCCCCC)C(=O)N[C@H](CO)C(=O)N[C@@H](CCCCN)C(=O)N[C@@H](CCCCN)C(=O)N[C@@H](CCCCN)C(=O)O. The van der Waals surface area contributed by atoms with Crippen molar-refractivity contribution >= 4 is 53.4 Å². The highest BCUT2D eigenvalue weighted by Crippen LogP contribution is 2.16. The number of thioether (sulfide) groups is 1. The van der Waals surface area contributed by atoms with Gasteiger partial charge in [-0.2, -0.15) is 11.8 Å². The van der Waals surface area contributed by atoms with Crippen molar-refractivity contribution in [3.8, 4) is 0 Å². The zero-order valence-electron chi connectivity index (χ0n) is 49.5. The Kier molecular flexibility index (Phi) is 52.3. The molecule has 0 aliphatic rings. The van der Waals surface area contributed by atoms with E-state index in [0.29, 0.717) is 76.9 Å². The van der Waals surface area contributed by atoms with Gasteiger partial charge in [0, 0.05) is 24.5 Å². The number of amides is 6. The van der Waals surface area contributed by atoms with Gasteiger partial charge in [0.25, 0.3) is 0 Å². The van der Waals surface area contributed by atoms with E-state index < -0.39 is 72.5 Å². The van der Waals surface area contributed by atoms with Crippen LogP contribution in [0.2, 0.25) is 0 Å². The topological polar surface area (TPSA) is 319 Å². The van der Waals surface area contributed by atoms with Crippen LogP contribution in [0.4, 0.5) is 4.79 Å². The average Bonchev–Trinajstić information content (AvgIpc) is 3.43. The molecule has 0 heterocycles. The largest absolute Gasteiger partial charge is 0.480 e. The van der Waals surface area contributed by atoms with E-state index in [1.54, 1.807) is 0 Å². The number of aliphatic hydroxyl groups is 1. The first kappa shape index (κ1) is 75.3. The molecule has 0 radical (unpaired) electrons. The Morgan fingerprint density at radius 1 is 0.430 bits per heavy atom. The number of aliphatic hydroxyl groups excluding tert-OH is 1. The number of rotatable bonds is 57. The lowest BCUT2D eigenvalue weighted by atomic mass is 10.0. The Labute approximate surface area is 481 Å². The standard InChI is InChI=1S/C59H115N9O10S/c1-3-5-7-9-11-13-15-17-19-21-23-25-27-35-44-78-59(77)63-43-45-79-47-52(64-53(70)39-28-26-24-22-20-18-16-14-12-10-8-6-4-2)57(74)68-51(46-69)56(73)66-48(36-29-32-40-60)54(71)65-49(37-30-33-41-61)55(72)67-50(58(75)76)38-31-34-42-62/h48-52,69H,3-47,60-62H2,1-2H3,(H,63,77)(H,64,70)(H,65,71)(H,66,73)(H,67,72)(H,68,74)(H,75,76)/t48-,49-,50-,51+,52+/m0/s1. The normalized spacial score (nSPS) is 13.1. The zero-order valence-corrected chi connectivity index (χ0v) is 50.3. The van der Waals surface area contributed by atoms with Gasteiger partial charge >= 0.3 is 12.1 Å². The summed E-state index contributed by atoms with van der Waals surface area (Å²) in [5, 5.41) is 36.2. The molecule has 0 unspecified atom stereocenters. The highest BCUT2D eigenvalue weighted by atomic mass is 32.2. The first-order valence-electron chi connectivity index (χ1n) is 31.3. The summed E-state index contributed by atoms with van der Waals surface area (Å²) < 4.78 is 5.38. The van der Waals surface area contributed by atoms with Crippen molar-refractivity contribution in [2.75, 3.05) is 50.9 Å². The van der Waals surface area contributed by atoms with Crippen molar-refractivity contribution in [1.82, 2.24) is 31.9 Å². The van der Waals surface area contributed by atoms with Gasteiger partial charge in [-0.25, -0.2) is 9.59 Å². The number of ether oxygens (including phenoxy) is 1. The fourth-order valence-electron chi connectivity index (χ4n) is 9.25. The zero-order chi connectivity index (χ0) is 58.4. The Morgan fingerprint density at radius 2 is 0.785 bits per heavy atom. The van der Waals surface area contributed by atoms with E-state index in [1.807, 2.05) is 0 Å². The summed E-state index contributed by atoms with van der Waals surface area (Å²) in [6.07, 6.45) is 35.4. The molecule has 0 saturated heterocycles. The fourth-order valence-corrected chi connectivity index (χ4v) is 10.1. The highest BCUT2D eigenvalue weighted by molar-refractivity contribution is 7.99. The molecule has 5 atom stereocenters. The number of carbonyl (C=O) groups is 7. The first-order valence-corrected chi connectivity index (χ1v) is 32.5. The summed E-state index contributed by atoms with van der Waals surface area (Å²) >= 11 is 1.31. The van der Waals surface area contributed by atoms with Crippen molar-refractivity contribution in [2.45, 2.75) is 282 Å². The van der Waals surface area contributed by atoms with Crippen LogP contribution < -0.4 is 49.1 Å². The van der Waals surface area contributed by atoms with Crippen LogP contribution in [0.15, 0.2) is 0 Å². The maximum Gasteiger partial charge on any atom is 0.407 e. The molecule has 0 fully saturated rings. The van der Waals surface area contributed by atoms with Gasteiger partial charge in [-0.1, -0.05) is 174 Å². The maximum atomic E-state index is 13.9. The summed E-state index contributed by atoms with van der Waals surface area (Å²) in [6, 6.07) is -6.21. The number of nitrogens with one attached hydrogen (secondary N) is 6. The smallest absolute Gasteiger partial charge is 0.407 e. The summed E-state index contributed by atoms with van der Waals surface area (Å²) in [6.45, 7) is 5.24. The Morgan fingerprint density at radius 3 is 1.19 bits per heavy atom. The van der Waals surface area contributed by atoms with Gasteiger partial charge in [0.15, 0.2) is 0 Å². The number of carboxylic acids is 1. The third kappa shape index (κ3) is 44.6. The van der Waals surface area contributed by atoms with Crippen LogP contribution in [-0.4, -0.2) is 133 Å². The molecule has 79 heavy (non-hydrogen) atoms. The number of alkyl carbamates (subject to hydrolysis) is 1. The maximum absolute atomic E-state index is 13.9. The third-order valence-electron chi connectivity index (χ3n) is 14.2. The van der Waals surface area contributed by atoms with Crippen LogP contribution in [0.25, 0.3) is 0 Å². The van der Waals surface area contributed by atoms with Gasteiger partial charge in [-0.15, -0.1) is 0 Å². The Bertz CT molecular complexity index is 1550. The molecule has 6 amide bonds. The Hall–Kier alpha value is -3.72. The predicted octanol–water partition coefficient (Wildman–Crippen LogP) is 8.30. The molecule has 0 bridgehead atoms. The molecule has 14 N–H and O–H groups in total. The summed E-state index contributed by atoms with van der Waals surface area (Å²) in [5.41, 5.74) is 17.0. The quantitative estimate of drug-likeness (QED) is 0.0255. The van der Waals surface area contributed by atoms with Gasteiger partial charge in [0.05, 0.1) is 13.2 Å². The van der Waals surface area contributed by atoms with Crippen LogP contribution >= 0.6 is 11.8 Å². The van der Waals surface area contributed by atoms with Crippen LogP contribution in [0.3, 0.4) is 0 Å². The molecule has 0 saturated carbocycles. The van der Waals surface area contributed by atoms with E-state index in [9.17, 15) is 43.8 Å². The summed E-state index contributed by atoms with van der Waals surface area (Å²) in [5.74, 6) is -4.09. The summed E-state index contributed by atoms with van der Waals surface area (Å²) in [4.78, 5) is 92.9. The lowest BCUT2D eigenvalue weighted by Crippen LogP contribution is -2.59. The third-order valence-corrected chi connectivity index (χ3v) is 15.3. The van der Waals surface area contributed by atoms with Crippen LogP contribution in [-0.2, 0) is 33.5 Å². The van der Waals surface area contributed by atoms with Crippen molar-refractivity contribution in [2.24, 2.45) is 17.2 Å². The number of hydrogen-bond donors (Lipinski definition) is 11. The molecule has 20 heteroatoms. The molecule has 0 aliphatic carbocycles. The number of nitrogens with two attached hydrogens (primary N) is 3. The fraction of sp³-hybridized carbons (Fsp3) is 0.881. The first-order chi connectivity index (χ1) is 38.4. The molecule has 0 aromatic carbocycles. The number of hydrogen-bond acceptors (Lipinski definition) is 13. The van der Waals surface area contributed by atoms with Crippen LogP contribution in [0.1, 0.15) is 251 Å². The Balaban J connectivity index is 5.57. The second kappa shape index (κ2) is 54.8. The molecule has 0 spiro atoms. The molecular weight excluding hydrogens is 1030 g/mol. The second-order valence-electron chi connectivity index (χ2n) is 21.5. The number of carbonyl (C=O) groups excluding carboxylic acids is 6. The molecular formula is C59H115N9O10S. The molecule has 0 aliphatic heterocycles. The van der Waals surface area contributed by atoms with E-state index in [2.05, 4.69) is 45.7 Å². The predicted molar refractivity (Wildman–Crippen MR) is 320 cm³/mol. The van der Waals surface area contributed by atoms with Crippen LogP contribution in [0.5, 0.6) is 0 Å². The van der Waals surface area contributed by atoms with Crippen molar-refractivity contribution in [1.29, 1.82) is 0 Å². The monoisotopic (exact) mass is 1140 g/mol. The van der Waals surface area contributed by atoms with E-state index in [4.69, 9.17) is 21.9 Å². The minimum Gasteiger partial charge on any atom is -0.480 e. The van der Waals surface area contributed by atoms with E-state index in [-0.39, 0.29) is 43.9 Å². The molecule has 462 valence electrons. The van der Waals surface area contributed by atoms with Crippen molar-refractivity contribution in [3.63, 3.8) is 0 Å². The van der Waals surface area contributed by atoms with E-state index in [1.165, 1.54) is 140 Å². The molecule has 19 nitrogen and oxygen atoms in total. The molecule has 0 aromatic heterocycles. The van der Waals surface area contributed by atoms with Crippen LogP contribution in [0, 0.1) is 0 Å². The highest BCUT2D eigenvalue weighted by Gasteiger charge is 2.32. The van der Waals surface area contributed by atoms with Gasteiger partial charge in [-0.05, 0) is 90.3 Å². The minimum absolute atomic E-state index is 0.0964. The van der Waals surface area contributed by atoms with Gasteiger partial charge in [-0.3, -0.25) is 24.0 Å². The van der Waals surface area contributed by atoms with Gasteiger partial charge in [0.1, 0.15) is 30.2 Å². The average molecular weight is 1140 g/mol. The van der Waals surface area contributed by atoms with Gasteiger partial charge in [0.2, 0.25) is 29.5 Å². The lowest BCUT2D eigenvalue weighted by molar-refractivity contribution is -0.142. The second-order valence-corrected chi connectivity index (χ2v) is 22.6. The number of aliphatic carboxylic acids is 1. The molecule has 0 rings (SSSR count). The summed E-state index contributed by atoms with van der Waals surface area (Å²) in [7, 11) is 0. The number of carboxylic acid groups (broad SMARTS) is 1. The van der Waals surface area contributed by atoms with E-state index >= 15 is 0 Å². The van der Waals surface area contributed by atoms with Gasteiger partial charge < -0.3 is 64.1 Å². The minimum atomic E-state index is -1.52.